The van der Waals surface area contributed by atoms with E-state index in [1.54, 1.807) is 36.4 Å². The number of hydrogen-bond donors (Lipinski definition) is 2. The van der Waals surface area contributed by atoms with Gasteiger partial charge in [0, 0.05) is 11.8 Å². The molecular weight excluding hydrogens is 330 g/mol. The van der Waals surface area contributed by atoms with Crippen molar-refractivity contribution >= 4 is 23.5 Å². The van der Waals surface area contributed by atoms with Crippen LogP contribution in [0.4, 0.5) is 16.3 Å². The highest BCUT2D eigenvalue weighted by Gasteiger charge is 2.12. The minimum absolute atomic E-state index is 0.151. The van der Waals surface area contributed by atoms with Gasteiger partial charge >= 0.3 is 6.09 Å². The molecule has 2 aromatic carbocycles. The van der Waals surface area contributed by atoms with Crippen molar-refractivity contribution in [3.05, 3.63) is 90.1 Å². The van der Waals surface area contributed by atoms with Gasteiger partial charge < -0.3 is 10.1 Å². The molecule has 0 saturated heterocycles. The van der Waals surface area contributed by atoms with E-state index >= 15 is 0 Å². The maximum Gasteiger partial charge on any atom is 0.412 e. The molecule has 3 aromatic rings. The number of carbonyl (C=O) groups excluding carboxylic acids is 2. The van der Waals surface area contributed by atoms with Gasteiger partial charge in [0.2, 0.25) is 0 Å². The first-order valence-corrected chi connectivity index (χ1v) is 8.01. The molecule has 26 heavy (non-hydrogen) atoms. The van der Waals surface area contributed by atoms with Crippen molar-refractivity contribution in [1.29, 1.82) is 0 Å². The minimum Gasteiger partial charge on any atom is -0.444 e. The number of nitrogens with zero attached hydrogens (tertiary/aromatic N) is 1. The number of carbonyl (C=O) groups is 2. The lowest BCUT2D eigenvalue weighted by Crippen LogP contribution is -2.18. The normalized spacial score (nSPS) is 10.0. The molecule has 0 radical (unpaired) electrons. The number of rotatable bonds is 5. The Labute approximate surface area is 150 Å². The zero-order valence-corrected chi connectivity index (χ0v) is 13.9. The first-order valence-electron chi connectivity index (χ1n) is 8.01. The summed E-state index contributed by atoms with van der Waals surface area (Å²) in [5.41, 5.74) is 1.73. The summed E-state index contributed by atoms with van der Waals surface area (Å²) in [5, 5.41) is 5.28. The van der Waals surface area contributed by atoms with Gasteiger partial charge in [-0.15, -0.1) is 0 Å². The lowest BCUT2D eigenvalue weighted by Gasteiger charge is -2.11. The molecule has 1 heterocycles. The van der Waals surface area contributed by atoms with Gasteiger partial charge in [0.1, 0.15) is 6.61 Å². The number of amides is 2. The molecule has 0 aliphatic carbocycles. The summed E-state index contributed by atoms with van der Waals surface area (Å²) in [6, 6.07) is 21.4. The molecule has 6 heteroatoms. The Hall–Kier alpha value is -3.67. The van der Waals surface area contributed by atoms with E-state index in [2.05, 4.69) is 15.6 Å². The number of ether oxygens (including phenoxy) is 1. The first-order chi connectivity index (χ1) is 12.7. The number of aromatic nitrogens is 1. The van der Waals surface area contributed by atoms with Gasteiger partial charge in [0.15, 0.2) is 5.82 Å². The van der Waals surface area contributed by atoms with Crippen molar-refractivity contribution in [3.8, 4) is 0 Å². The summed E-state index contributed by atoms with van der Waals surface area (Å²) in [6.07, 6.45) is 0.901. The van der Waals surface area contributed by atoms with Crippen LogP contribution in [0.15, 0.2) is 79.0 Å². The van der Waals surface area contributed by atoms with E-state index in [1.165, 1.54) is 6.20 Å². The van der Waals surface area contributed by atoms with E-state index in [4.69, 9.17) is 4.74 Å². The van der Waals surface area contributed by atoms with Crippen LogP contribution < -0.4 is 10.6 Å². The first kappa shape index (κ1) is 17.2. The fourth-order valence-electron chi connectivity index (χ4n) is 2.24. The SMILES string of the molecule is O=C(Nc1cccnc1NC(=O)c1ccccc1)OCc1ccccc1. The van der Waals surface area contributed by atoms with Crippen LogP contribution >= 0.6 is 0 Å². The quantitative estimate of drug-likeness (QED) is 0.729. The molecule has 0 bridgehead atoms. The second kappa shape index (κ2) is 8.43. The monoisotopic (exact) mass is 347 g/mol. The highest BCUT2D eigenvalue weighted by atomic mass is 16.5. The number of benzene rings is 2. The minimum atomic E-state index is -0.628. The van der Waals surface area contributed by atoms with Crippen molar-refractivity contribution in [1.82, 2.24) is 4.98 Å². The van der Waals surface area contributed by atoms with Gasteiger partial charge in [-0.2, -0.15) is 0 Å². The average Bonchev–Trinajstić information content (AvgIpc) is 2.69. The maximum atomic E-state index is 12.3. The summed E-state index contributed by atoms with van der Waals surface area (Å²) >= 11 is 0. The Morgan fingerprint density at radius 1 is 0.846 bits per heavy atom. The van der Waals surface area contributed by atoms with Gasteiger partial charge in [-0.1, -0.05) is 48.5 Å². The van der Waals surface area contributed by atoms with E-state index in [0.717, 1.165) is 5.56 Å². The van der Waals surface area contributed by atoms with Crippen LogP contribution in [0, 0.1) is 0 Å². The zero-order valence-electron chi connectivity index (χ0n) is 13.9. The molecule has 0 aliphatic rings. The van der Waals surface area contributed by atoms with E-state index < -0.39 is 6.09 Å². The van der Waals surface area contributed by atoms with Crippen LogP contribution in [-0.2, 0) is 11.3 Å². The fourth-order valence-corrected chi connectivity index (χ4v) is 2.24. The summed E-state index contributed by atoms with van der Waals surface area (Å²) < 4.78 is 5.19. The summed E-state index contributed by atoms with van der Waals surface area (Å²) in [6.45, 7) is 0.151. The number of nitrogens with one attached hydrogen (secondary N) is 2. The van der Waals surface area contributed by atoms with Crippen LogP contribution in [0.3, 0.4) is 0 Å². The molecule has 3 rings (SSSR count). The Kier molecular flexibility index (Phi) is 5.57. The molecular formula is C20H17N3O3. The van der Waals surface area contributed by atoms with Crippen molar-refractivity contribution < 1.29 is 14.3 Å². The van der Waals surface area contributed by atoms with Crippen molar-refractivity contribution in [2.45, 2.75) is 6.61 Å². The van der Waals surface area contributed by atoms with Crippen LogP contribution in [-0.4, -0.2) is 17.0 Å². The van der Waals surface area contributed by atoms with Crippen molar-refractivity contribution in [2.75, 3.05) is 10.6 Å². The highest BCUT2D eigenvalue weighted by molar-refractivity contribution is 6.06. The summed E-state index contributed by atoms with van der Waals surface area (Å²) in [7, 11) is 0. The topological polar surface area (TPSA) is 80.3 Å². The third-order valence-electron chi connectivity index (χ3n) is 3.53. The molecule has 0 unspecified atom stereocenters. The summed E-state index contributed by atoms with van der Waals surface area (Å²) in [5.74, 6) is -0.0667. The third-order valence-corrected chi connectivity index (χ3v) is 3.53. The van der Waals surface area contributed by atoms with E-state index in [0.29, 0.717) is 11.3 Å². The molecule has 2 N–H and O–H groups in total. The number of pyridine rings is 1. The van der Waals surface area contributed by atoms with Crippen LogP contribution in [0.2, 0.25) is 0 Å². The molecule has 1 aromatic heterocycles. The van der Waals surface area contributed by atoms with Gasteiger partial charge in [-0.25, -0.2) is 9.78 Å². The van der Waals surface area contributed by atoms with Gasteiger partial charge in [-0.3, -0.25) is 10.1 Å². The van der Waals surface area contributed by atoms with Crippen LogP contribution in [0.5, 0.6) is 0 Å². The highest BCUT2D eigenvalue weighted by Crippen LogP contribution is 2.19. The van der Waals surface area contributed by atoms with E-state index in [-0.39, 0.29) is 18.3 Å². The zero-order chi connectivity index (χ0) is 18.2. The maximum absolute atomic E-state index is 12.3. The Morgan fingerprint density at radius 2 is 1.54 bits per heavy atom. The molecule has 6 nitrogen and oxygen atoms in total. The Morgan fingerprint density at radius 3 is 2.27 bits per heavy atom. The fraction of sp³-hybridized carbons (Fsp3) is 0.0500. The molecule has 0 fully saturated rings. The Balaban J connectivity index is 1.63. The van der Waals surface area contributed by atoms with Crippen LogP contribution in [0.25, 0.3) is 0 Å². The Bertz CT molecular complexity index is 883. The standard InChI is InChI=1S/C20H17N3O3/c24-19(16-10-5-2-6-11-16)23-18-17(12-7-13-21-18)22-20(25)26-14-15-8-3-1-4-9-15/h1-13H,14H2,(H,22,25)(H,21,23,24). The van der Waals surface area contributed by atoms with Gasteiger partial charge in [0.05, 0.1) is 5.69 Å². The average molecular weight is 347 g/mol. The smallest absolute Gasteiger partial charge is 0.412 e. The van der Waals surface area contributed by atoms with Crippen LogP contribution in [0.1, 0.15) is 15.9 Å². The molecule has 2 amide bonds. The van der Waals surface area contributed by atoms with Gasteiger partial charge in [-0.05, 0) is 29.8 Å². The second-order valence-corrected chi connectivity index (χ2v) is 5.41. The molecule has 130 valence electrons. The summed E-state index contributed by atoms with van der Waals surface area (Å²) in [4.78, 5) is 28.4. The molecule has 0 atom stereocenters. The molecule has 0 aliphatic heterocycles. The predicted molar refractivity (Wildman–Crippen MR) is 98.9 cm³/mol. The molecule has 0 saturated carbocycles. The number of anilines is 2. The van der Waals surface area contributed by atoms with E-state index in [9.17, 15) is 9.59 Å². The predicted octanol–water partition coefficient (Wildman–Crippen LogP) is 4.08. The third kappa shape index (κ3) is 4.67. The van der Waals surface area contributed by atoms with E-state index in [1.807, 2.05) is 36.4 Å². The largest absolute Gasteiger partial charge is 0.444 e. The van der Waals surface area contributed by atoms with Crippen molar-refractivity contribution in [3.63, 3.8) is 0 Å². The lowest BCUT2D eigenvalue weighted by molar-refractivity contribution is 0.102. The van der Waals surface area contributed by atoms with Crippen molar-refractivity contribution in [2.24, 2.45) is 0 Å². The lowest BCUT2D eigenvalue weighted by atomic mass is 10.2. The second-order valence-electron chi connectivity index (χ2n) is 5.41. The van der Waals surface area contributed by atoms with Gasteiger partial charge in [0.25, 0.3) is 5.91 Å². The number of hydrogen-bond acceptors (Lipinski definition) is 4. The molecule has 0 spiro atoms.